The molecule has 2 atom stereocenters. The first-order chi connectivity index (χ1) is 9.58. The van der Waals surface area contributed by atoms with Gasteiger partial charge in [-0.05, 0) is 26.2 Å². The summed E-state index contributed by atoms with van der Waals surface area (Å²) in [4.78, 5) is 25.3. The number of nitrogens with two attached hydrogens (primary N) is 1. The topological polar surface area (TPSA) is 93.9 Å². The molecule has 2 unspecified atom stereocenters. The summed E-state index contributed by atoms with van der Waals surface area (Å²) < 4.78 is 9.77. The van der Waals surface area contributed by atoms with Gasteiger partial charge in [0.15, 0.2) is 0 Å². The van der Waals surface area contributed by atoms with E-state index in [1.807, 2.05) is 0 Å². The molecule has 1 saturated heterocycles. The number of alkyl carbamates (subject to hydrolysis) is 1. The number of hydrogen-bond donors (Lipinski definition) is 2. The average molecular weight is 287 g/mol. The summed E-state index contributed by atoms with van der Waals surface area (Å²) in [5.41, 5.74) is 5.85. The molecule has 0 aromatic rings. The molecule has 0 radical (unpaired) electrons. The number of amides is 2. The highest BCUT2D eigenvalue weighted by molar-refractivity contribution is 5.81. The number of hydrogen-bond acceptors (Lipinski definition) is 5. The van der Waals surface area contributed by atoms with Gasteiger partial charge in [0.2, 0.25) is 5.91 Å². The van der Waals surface area contributed by atoms with Crippen LogP contribution in [0.4, 0.5) is 4.79 Å². The monoisotopic (exact) mass is 287 g/mol. The number of carbonyl (C=O) groups is 2. The van der Waals surface area contributed by atoms with E-state index in [0.29, 0.717) is 32.7 Å². The van der Waals surface area contributed by atoms with Crippen LogP contribution in [-0.4, -0.2) is 62.4 Å². The number of piperidine rings is 1. The zero-order chi connectivity index (χ0) is 15.0. The van der Waals surface area contributed by atoms with E-state index in [4.69, 9.17) is 15.2 Å². The maximum Gasteiger partial charge on any atom is 0.407 e. The van der Waals surface area contributed by atoms with Gasteiger partial charge in [0.1, 0.15) is 0 Å². The molecule has 0 aromatic carbocycles. The molecule has 0 aliphatic carbocycles. The van der Waals surface area contributed by atoms with Gasteiger partial charge in [-0.25, -0.2) is 4.79 Å². The molecular formula is C13H25N3O4. The summed E-state index contributed by atoms with van der Waals surface area (Å²) in [5, 5.41) is 2.77. The smallest absolute Gasteiger partial charge is 0.407 e. The van der Waals surface area contributed by atoms with Gasteiger partial charge in [0.05, 0.1) is 12.6 Å². The molecule has 1 aliphatic heterocycles. The number of nitrogens with one attached hydrogen (secondary N) is 1. The Bertz CT molecular complexity index is 325. The Morgan fingerprint density at radius 2 is 2.25 bits per heavy atom. The molecule has 20 heavy (non-hydrogen) atoms. The second kappa shape index (κ2) is 8.76. The van der Waals surface area contributed by atoms with E-state index in [1.54, 1.807) is 18.9 Å². The summed E-state index contributed by atoms with van der Waals surface area (Å²) in [6.45, 7) is 3.72. The first-order valence-electron chi connectivity index (χ1n) is 7.05. The average Bonchev–Trinajstić information content (AvgIpc) is 2.44. The lowest BCUT2D eigenvalue weighted by Crippen LogP contribution is -2.53. The summed E-state index contributed by atoms with van der Waals surface area (Å²) in [5.74, 6) is -0.0857. The van der Waals surface area contributed by atoms with Crippen molar-refractivity contribution < 1.29 is 19.1 Å². The number of ether oxygens (including phenoxy) is 2. The fourth-order valence-corrected chi connectivity index (χ4v) is 2.24. The van der Waals surface area contributed by atoms with E-state index < -0.39 is 12.1 Å². The minimum atomic E-state index is -0.545. The number of rotatable bonds is 6. The maximum atomic E-state index is 12.2. The largest absolute Gasteiger partial charge is 0.450 e. The third-order valence-corrected chi connectivity index (χ3v) is 3.28. The van der Waals surface area contributed by atoms with Gasteiger partial charge >= 0.3 is 6.09 Å². The quantitative estimate of drug-likeness (QED) is 0.722. The summed E-state index contributed by atoms with van der Waals surface area (Å²) in [7, 11) is 1.58. The molecular weight excluding hydrogens is 262 g/mol. The zero-order valence-electron chi connectivity index (χ0n) is 12.3. The highest BCUT2D eigenvalue weighted by atomic mass is 16.5. The van der Waals surface area contributed by atoms with E-state index in [2.05, 4.69) is 5.32 Å². The van der Waals surface area contributed by atoms with Gasteiger partial charge in [0.25, 0.3) is 0 Å². The highest BCUT2D eigenvalue weighted by Crippen LogP contribution is 2.12. The molecule has 1 aliphatic rings. The summed E-state index contributed by atoms with van der Waals surface area (Å²) in [6.07, 6.45) is 1.76. The second-order valence-corrected chi connectivity index (χ2v) is 4.88. The Kier molecular flexibility index (Phi) is 7.32. The molecule has 0 spiro atoms. The lowest BCUT2D eigenvalue weighted by Gasteiger charge is -2.34. The van der Waals surface area contributed by atoms with Crippen molar-refractivity contribution in [3.63, 3.8) is 0 Å². The van der Waals surface area contributed by atoms with Crippen LogP contribution in [-0.2, 0) is 14.3 Å². The Labute approximate surface area is 119 Å². The Morgan fingerprint density at radius 3 is 2.90 bits per heavy atom. The number of nitrogens with zero attached hydrogens (tertiary/aromatic N) is 1. The van der Waals surface area contributed by atoms with Crippen LogP contribution in [0.2, 0.25) is 0 Å². The van der Waals surface area contributed by atoms with Crippen molar-refractivity contribution in [2.24, 2.45) is 5.73 Å². The first-order valence-corrected chi connectivity index (χ1v) is 7.05. The zero-order valence-corrected chi connectivity index (χ0v) is 12.3. The molecule has 0 aromatic heterocycles. The Balaban J connectivity index is 2.43. The van der Waals surface area contributed by atoms with Gasteiger partial charge < -0.3 is 25.4 Å². The minimum Gasteiger partial charge on any atom is -0.450 e. The van der Waals surface area contributed by atoms with Crippen molar-refractivity contribution in [1.29, 1.82) is 0 Å². The number of carbonyl (C=O) groups excluding carboxylic acids is 2. The molecule has 0 saturated carbocycles. The van der Waals surface area contributed by atoms with E-state index in [1.165, 1.54) is 0 Å². The van der Waals surface area contributed by atoms with Crippen molar-refractivity contribution in [2.45, 2.75) is 38.3 Å². The predicted octanol–water partition coefficient (Wildman–Crippen LogP) is 0.0873. The van der Waals surface area contributed by atoms with Crippen LogP contribution in [0.15, 0.2) is 0 Å². The van der Waals surface area contributed by atoms with Gasteiger partial charge in [-0.2, -0.15) is 0 Å². The highest BCUT2D eigenvalue weighted by Gasteiger charge is 2.27. The van der Waals surface area contributed by atoms with E-state index in [0.717, 1.165) is 12.8 Å². The van der Waals surface area contributed by atoms with Crippen molar-refractivity contribution in [1.82, 2.24) is 10.2 Å². The third kappa shape index (κ3) is 5.34. The van der Waals surface area contributed by atoms with Crippen LogP contribution in [0.5, 0.6) is 0 Å². The number of methoxy groups -OCH3 is 1. The van der Waals surface area contributed by atoms with Crippen LogP contribution < -0.4 is 11.1 Å². The Hall–Kier alpha value is -1.34. The molecule has 1 fully saturated rings. The Morgan fingerprint density at radius 1 is 1.50 bits per heavy atom. The van der Waals surface area contributed by atoms with Crippen LogP contribution >= 0.6 is 0 Å². The molecule has 0 bridgehead atoms. The van der Waals surface area contributed by atoms with E-state index >= 15 is 0 Å². The standard InChI is InChI=1S/C13H25N3O4/c1-3-20-13(18)15-10-5-4-7-16(9-10)12(17)11(14)6-8-19-2/h10-11H,3-9,14H2,1-2H3,(H,15,18). The lowest BCUT2D eigenvalue weighted by molar-refractivity contribution is -0.134. The van der Waals surface area contributed by atoms with Gasteiger partial charge in [-0.3, -0.25) is 4.79 Å². The fourth-order valence-electron chi connectivity index (χ4n) is 2.24. The first kappa shape index (κ1) is 16.7. The second-order valence-electron chi connectivity index (χ2n) is 4.88. The third-order valence-electron chi connectivity index (χ3n) is 3.28. The molecule has 116 valence electrons. The predicted molar refractivity (Wildman–Crippen MR) is 74.2 cm³/mol. The SMILES string of the molecule is CCOC(=O)NC1CCCN(C(=O)C(N)CCOC)C1. The van der Waals surface area contributed by atoms with Crippen LogP contribution in [0, 0.1) is 0 Å². The van der Waals surface area contributed by atoms with Crippen LogP contribution in [0.1, 0.15) is 26.2 Å². The molecule has 7 nitrogen and oxygen atoms in total. The lowest BCUT2D eigenvalue weighted by atomic mass is 10.0. The van der Waals surface area contributed by atoms with Crippen LogP contribution in [0.3, 0.4) is 0 Å². The molecule has 3 N–H and O–H groups in total. The van der Waals surface area contributed by atoms with E-state index in [-0.39, 0.29) is 11.9 Å². The fraction of sp³-hybridized carbons (Fsp3) is 0.846. The molecule has 7 heteroatoms. The van der Waals surface area contributed by atoms with Gasteiger partial charge in [-0.1, -0.05) is 0 Å². The van der Waals surface area contributed by atoms with Crippen molar-refractivity contribution in [3.05, 3.63) is 0 Å². The summed E-state index contributed by atoms with van der Waals surface area (Å²) in [6, 6.07) is -0.613. The van der Waals surface area contributed by atoms with Crippen molar-refractivity contribution in [3.8, 4) is 0 Å². The van der Waals surface area contributed by atoms with Gasteiger partial charge in [-0.15, -0.1) is 0 Å². The van der Waals surface area contributed by atoms with E-state index in [9.17, 15) is 9.59 Å². The van der Waals surface area contributed by atoms with Crippen molar-refractivity contribution >= 4 is 12.0 Å². The minimum absolute atomic E-state index is 0.0682. The molecule has 1 rings (SSSR count). The van der Waals surface area contributed by atoms with Crippen LogP contribution in [0.25, 0.3) is 0 Å². The number of likely N-dealkylation sites (tertiary alicyclic amines) is 1. The normalized spacial score (nSPS) is 20.4. The summed E-state index contributed by atoms with van der Waals surface area (Å²) >= 11 is 0. The maximum absolute atomic E-state index is 12.2. The molecule has 2 amide bonds. The molecule has 1 heterocycles. The van der Waals surface area contributed by atoms with Crippen molar-refractivity contribution in [2.75, 3.05) is 33.4 Å². The van der Waals surface area contributed by atoms with Gasteiger partial charge in [0, 0.05) is 32.8 Å².